The Balaban J connectivity index is 2.35. The fourth-order valence-corrected chi connectivity index (χ4v) is 2.84. The van der Waals surface area contributed by atoms with Gasteiger partial charge in [-0.3, -0.25) is 4.79 Å². The van der Waals surface area contributed by atoms with E-state index in [2.05, 4.69) is 0 Å². The van der Waals surface area contributed by atoms with Gasteiger partial charge in [0.25, 0.3) is 0 Å². The highest BCUT2D eigenvalue weighted by atomic mass is 16.4. The molecule has 3 rings (SSSR count). The number of rotatable bonds is 3. The van der Waals surface area contributed by atoms with Crippen LogP contribution in [-0.2, 0) is 7.05 Å². The van der Waals surface area contributed by atoms with Crippen molar-refractivity contribution >= 4 is 5.97 Å². The van der Waals surface area contributed by atoms with E-state index in [4.69, 9.17) is 0 Å². The molecule has 0 aliphatic rings. The Kier molecular flexibility index (Phi) is 4.04. The van der Waals surface area contributed by atoms with E-state index in [-0.39, 0.29) is 5.56 Å². The molecule has 0 bridgehead atoms. The molecule has 0 fully saturated rings. The average molecular weight is 319 g/mol. The van der Waals surface area contributed by atoms with Gasteiger partial charge in [-0.2, -0.15) is 0 Å². The summed E-state index contributed by atoms with van der Waals surface area (Å²) in [6.45, 7) is 1.99. The summed E-state index contributed by atoms with van der Waals surface area (Å²) in [6, 6.07) is 18.3. The first kappa shape index (κ1) is 15.7. The van der Waals surface area contributed by atoms with Gasteiger partial charge < -0.3 is 9.67 Å². The van der Waals surface area contributed by atoms with Crippen LogP contribution < -0.4 is 5.43 Å². The lowest BCUT2D eigenvalue weighted by Crippen LogP contribution is -2.21. The van der Waals surface area contributed by atoms with E-state index in [0.717, 1.165) is 11.1 Å². The highest BCUT2D eigenvalue weighted by Crippen LogP contribution is 2.27. The second kappa shape index (κ2) is 6.16. The van der Waals surface area contributed by atoms with Gasteiger partial charge in [0.05, 0.1) is 11.4 Å². The number of carbonyl (C=O) groups is 1. The maximum atomic E-state index is 12.5. The van der Waals surface area contributed by atoms with E-state index >= 15 is 0 Å². The van der Waals surface area contributed by atoms with E-state index in [1.54, 1.807) is 23.7 Å². The Bertz CT molecular complexity index is 955. The second-order valence-corrected chi connectivity index (χ2v) is 5.71. The van der Waals surface area contributed by atoms with Crippen LogP contribution in [0.5, 0.6) is 0 Å². The topological polar surface area (TPSA) is 59.3 Å². The number of aromatic carboxylic acids is 1. The Labute approximate surface area is 139 Å². The van der Waals surface area contributed by atoms with Crippen molar-refractivity contribution in [3.8, 4) is 22.5 Å². The quantitative estimate of drug-likeness (QED) is 0.800. The highest BCUT2D eigenvalue weighted by Gasteiger charge is 2.21. The van der Waals surface area contributed by atoms with Crippen LogP contribution in [0.1, 0.15) is 15.9 Å². The van der Waals surface area contributed by atoms with Gasteiger partial charge in [-0.15, -0.1) is 0 Å². The van der Waals surface area contributed by atoms with E-state index in [9.17, 15) is 14.7 Å². The van der Waals surface area contributed by atoms with Gasteiger partial charge in [-0.05, 0) is 18.1 Å². The van der Waals surface area contributed by atoms with Crippen LogP contribution in [-0.4, -0.2) is 15.6 Å². The summed E-state index contributed by atoms with van der Waals surface area (Å²) in [5.74, 6) is -1.22. The normalized spacial score (nSPS) is 10.6. The predicted octanol–water partition coefficient (Wildman–Crippen LogP) is 3.73. The summed E-state index contributed by atoms with van der Waals surface area (Å²) in [4.78, 5) is 24.1. The summed E-state index contributed by atoms with van der Waals surface area (Å²) >= 11 is 0. The summed E-state index contributed by atoms with van der Waals surface area (Å²) in [6.07, 6.45) is 0. The molecule has 0 radical (unpaired) electrons. The number of carboxylic acid groups (broad SMARTS) is 1. The zero-order valence-electron chi connectivity index (χ0n) is 13.5. The van der Waals surface area contributed by atoms with Gasteiger partial charge in [-0.1, -0.05) is 60.2 Å². The largest absolute Gasteiger partial charge is 0.477 e. The van der Waals surface area contributed by atoms with Crippen molar-refractivity contribution in [3.05, 3.63) is 82.0 Å². The van der Waals surface area contributed by atoms with Crippen molar-refractivity contribution in [2.45, 2.75) is 6.92 Å². The summed E-state index contributed by atoms with van der Waals surface area (Å²) in [5, 5.41) is 9.52. The first-order valence-corrected chi connectivity index (χ1v) is 7.59. The molecule has 0 aliphatic carbocycles. The number of nitrogens with zero attached hydrogens (tertiary/aromatic N) is 1. The number of pyridine rings is 1. The van der Waals surface area contributed by atoms with Crippen molar-refractivity contribution in [2.24, 2.45) is 7.05 Å². The molecule has 0 aliphatic heterocycles. The minimum atomic E-state index is -1.22. The van der Waals surface area contributed by atoms with Gasteiger partial charge in [-0.25, -0.2) is 4.79 Å². The SMILES string of the molecule is Cc1ccc(-c2cc(=O)c(C(=O)O)c(-c3ccccc3)n2C)cc1. The third-order valence-electron chi connectivity index (χ3n) is 4.06. The standard InChI is InChI=1S/C20H17NO3/c1-13-8-10-14(11-9-13)16-12-17(22)18(20(23)24)19(21(16)2)15-6-4-3-5-7-15/h3-12H,1-2H3,(H,23,24). The minimum Gasteiger partial charge on any atom is -0.477 e. The molecule has 0 atom stereocenters. The van der Waals surface area contributed by atoms with Gasteiger partial charge in [0.2, 0.25) is 0 Å². The first-order chi connectivity index (χ1) is 11.5. The van der Waals surface area contributed by atoms with Crippen molar-refractivity contribution < 1.29 is 9.90 Å². The van der Waals surface area contributed by atoms with E-state index in [1.807, 2.05) is 49.4 Å². The summed E-state index contributed by atoms with van der Waals surface area (Å²) in [7, 11) is 1.78. The second-order valence-electron chi connectivity index (χ2n) is 5.71. The Hall–Kier alpha value is -3.14. The van der Waals surface area contributed by atoms with Gasteiger partial charge in [0, 0.05) is 13.1 Å². The lowest BCUT2D eigenvalue weighted by molar-refractivity contribution is 0.0695. The molecule has 0 saturated carbocycles. The van der Waals surface area contributed by atoms with Gasteiger partial charge in [0.1, 0.15) is 5.56 Å². The fourth-order valence-electron chi connectivity index (χ4n) is 2.84. The molecule has 1 aromatic heterocycles. The number of aryl methyl sites for hydroxylation is 1. The van der Waals surface area contributed by atoms with E-state index < -0.39 is 11.4 Å². The van der Waals surface area contributed by atoms with Gasteiger partial charge in [0.15, 0.2) is 5.43 Å². The van der Waals surface area contributed by atoms with Crippen LogP contribution in [0, 0.1) is 6.92 Å². The lowest BCUT2D eigenvalue weighted by atomic mass is 10.0. The number of hydrogen-bond acceptors (Lipinski definition) is 2. The monoisotopic (exact) mass is 319 g/mol. The first-order valence-electron chi connectivity index (χ1n) is 7.59. The number of carboxylic acids is 1. The third kappa shape index (κ3) is 2.74. The highest BCUT2D eigenvalue weighted by molar-refractivity contribution is 5.95. The third-order valence-corrected chi connectivity index (χ3v) is 4.06. The molecule has 2 aromatic carbocycles. The number of aromatic nitrogens is 1. The van der Waals surface area contributed by atoms with Crippen LogP contribution in [0.4, 0.5) is 0 Å². The van der Waals surface area contributed by atoms with Crippen LogP contribution in [0.3, 0.4) is 0 Å². The van der Waals surface area contributed by atoms with Crippen molar-refractivity contribution in [2.75, 3.05) is 0 Å². The van der Waals surface area contributed by atoms with Gasteiger partial charge >= 0.3 is 5.97 Å². The molecule has 0 saturated heterocycles. The Morgan fingerprint density at radius 1 is 0.958 bits per heavy atom. The molecule has 1 N–H and O–H groups in total. The molecule has 1 heterocycles. The van der Waals surface area contributed by atoms with E-state index in [0.29, 0.717) is 17.0 Å². The average Bonchev–Trinajstić information content (AvgIpc) is 2.57. The Morgan fingerprint density at radius 3 is 2.17 bits per heavy atom. The van der Waals surface area contributed by atoms with Crippen molar-refractivity contribution in [1.29, 1.82) is 0 Å². The molecule has 0 amide bonds. The fraction of sp³-hybridized carbons (Fsp3) is 0.100. The molecular formula is C20H17NO3. The number of hydrogen-bond donors (Lipinski definition) is 1. The van der Waals surface area contributed by atoms with Crippen LogP contribution in [0.2, 0.25) is 0 Å². The predicted molar refractivity (Wildman–Crippen MR) is 94.3 cm³/mol. The van der Waals surface area contributed by atoms with Crippen molar-refractivity contribution in [1.82, 2.24) is 4.57 Å². The molecule has 24 heavy (non-hydrogen) atoms. The molecule has 0 spiro atoms. The smallest absolute Gasteiger partial charge is 0.341 e. The summed E-state index contributed by atoms with van der Waals surface area (Å²) < 4.78 is 1.77. The molecule has 0 unspecified atom stereocenters. The Morgan fingerprint density at radius 2 is 1.58 bits per heavy atom. The van der Waals surface area contributed by atoms with Crippen LogP contribution >= 0.6 is 0 Å². The van der Waals surface area contributed by atoms with Crippen LogP contribution in [0.15, 0.2) is 65.5 Å². The van der Waals surface area contributed by atoms with E-state index in [1.165, 1.54) is 6.07 Å². The lowest BCUT2D eigenvalue weighted by Gasteiger charge is -2.17. The molecule has 120 valence electrons. The zero-order chi connectivity index (χ0) is 17.3. The molecule has 4 nitrogen and oxygen atoms in total. The molecular weight excluding hydrogens is 302 g/mol. The van der Waals surface area contributed by atoms with Crippen molar-refractivity contribution in [3.63, 3.8) is 0 Å². The molecule has 4 heteroatoms. The molecule has 3 aromatic rings. The minimum absolute atomic E-state index is 0.209. The zero-order valence-corrected chi connectivity index (χ0v) is 13.5. The number of benzene rings is 2. The van der Waals surface area contributed by atoms with Crippen LogP contribution in [0.25, 0.3) is 22.5 Å². The maximum absolute atomic E-state index is 12.5. The summed E-state index contributed by atoms with van der Waals surface area (Å²) in [5.41, 5.74) is 3.08. The maximum Gasteiger partial charge on any atom is 0.341 e.